The quantitative estimate of drug-likeness (QED) is 0.471. The molecule has 1 heterocycles. The minimum absolute atomic E-state index is 0.0850. The second-order valence-electron chi connectivity index (χ2n) is 7.32. The number of nitro benzene ring substituents is 1. The summed E-state index contributed by atoms with van der Waals surface area (Å²) in [6.45, 7) is 2.45. The highest BCUT2D eigenvalue weighted by Gasteiger charge is 2.27. The number of anilines is 1. The van der Waals surface area contributed by atoms with Crippen LogP contribution in [0.15, 0.2) is 30.3 Å². The van der Waals surface area contributed by atoms with E-state index in [-0.39, 0.29) is 29.4 Å². The number of hydrogen-bond donors (Lipinski definition) is 1. The van der Waals surface area contributed by atoms with E-state index in [9.17, 15) is 23.3 Å². The first-order valence-electron chi connectivity index (χ1n) is 10.0. The number of nitrogens with zero attached hydrogens (tertiary/aromatic N) is 2. The topological polar surface area (TPSA) is 128 Å². The molecule has 0 aliphatic carbocycles. The van der Waals surface area contributed by atoms with Gasteiger partial charge in [-0.05, 0) is 36.1 Å². The van der Waals surface area contributed by atoms with E-state index in [1.165, 1.54) is 24.6 Å². The van der Waals surface area contributed by atoms with E-state index < -0.39 is 26.5 Å². The maximum absolute atomic E-state index is 12.9. The van der Waals surface area contributed by atoms with Gasteiger partial charge >= 0.3 is 0 Å². The molecule has 0 saturated carbocycles. The van der Waals surface area contributed by atoms with Gasteiger partial charge in [0, 0.05) is 24.8 Å². The Morgan fingerprint density at radius 3 is 2.47 bits per heavy atom. The number of hydrogen-bond acceptors (Lipinski definition) is 7. The van der Waals surface area contributed by atoms with Crippen molar-refractivity contribution in [2.45, 2.75) is 26.3 Å². The Hall–Kier alpha value is -3.18. The molecule has 1 amide bonds. The number of nitrogens with one attached hydrogen (secondary N) is 1. The lowest BCUT2D eigenvalue weighted by Gasteiger charge is -2.28. The molecule has 3 rings (SSSR count). The van der Waals surface area contributed by atoms with E-state index in [0.717, 1.165) is 17.2 Å². The fourth-order valence-electron chi connectivity index (χ4n) is 3.63. The Morgan fingerprint density at radius 2 is 1.84 bits per heavy atom. The minimum atomic E-state index is -3.34. The Kier molecular flexibility index (Phi) is 6.99. The highest BCUT2D eigenvalue weighted by atomic mass is 32.2. The molecule has 1 N–H and O–H groups in total. The Labute approximate surface area is 186 Å². The third-order valence-corrected chi connectivity index (χ3v) is 7.26. The Balaban J connectivity index is 1.88. The zero-order valence-corrected chi connectivity index (χ0v) is 18.9. The van der Waals surface area contributed by atoms with Crippen LogP contribution in [0.5, 0.6) is 11.5 Å². The highest BCUT2D eigenvalue weighted by Crippen LogP contribution is 2.35. The standard InChI is InChI=1S/C21H25N3O7S/c1-4-9-32(28,29)23-8-7-14-5-6-16(10-15(14)13-23)22-21(25)17-11-19(30-2)20(31-3)12-18(17)24(26)27/h5-6,10-12H,4,7-9,13H2,1-3H3,(H,22,25). The molecule has 0 unspecified atom stereocenters. The smallest absolute Gasteiger partial charge is 0.286 e. The number of amides is 1. The molecule has 2 aromatic carbocycles. The van der Waals surface area contributed by atoms with Gasteiger partial charge in [-0.2, -0.15) is 4.31 Å². The first-order chi connectivity index (χ1) is 15.2. The average Bonchev–Trinajstić information content (AvgIpc) is 2.77. The van der Waals surface area contributed by atoms with Crippen LogP contribution in [0, 0.1) is 10.1 Å². The van der Waals surface area contributed by atoms with Crippen LogP contribution in [0.4, 0.5) is 11.4 Å². The number of carbonyl (C=O) groups excluding carboxylic acids is 1. The third kappa shape index (κ3) is 4.83. The molecule has 0 fully saturated rings. The van der Waals surface area contributed by atoms with Crippen molar-refractivity contribution in [2.24, 2.45) is 0 Å². The molecule has 0 radical (unpaired) electrons. The minimum Gasteiger partial charge on any atom is -0.493 e. The zero-order valence-electron chi connectivity index (χ0n) is 18.1. The number of carbonyl (C=O) groups is 1. The average molecular weight is 464 g/mol. The molecule has 0 atom stereocenters. The second kappa shape index (κ2) is 9.53. The molecule has 1 aliphatic rings. The van der Waals surface area contributed by atoms with Gasteiger partial charge in [-0.15, -0.1) is 0 Å². The maximum atomic E-state index is 12.9. The van der Waals surface area contributed by atoms with Crippen molar-refractivity contribution >= 4 is 27.3 Å². The van der Waals surface area contributed by atoms with Crippen molar-refractivity contribution < 1.29 is 27.6 Å². The SMILES string of the molecule is CCCS(=O)(=O)N1CCc2ccc(NC(=O)c3cc(OC)c(OC)cc3[N+](=O)[O-])cc2C1. The van der Waals surface area contributed by atoms with Crippen LogP contribution in [0.1, 0.15) is 34.8 Å². The lowest BCUT2D eigenvalue weighted by atomic mass is 10.0. The predicted molar refractivity (Wildman–Crippen MR) is 119 cm³/mol. The van der Waals surface area contributed by atoms with Crippen molar-refractivity contribution in [3.05, 3.63) is 57.1 Å². The van der Waals surface area contributed by atoms with Crippen molar-refractivity contribution in [1.29, 1.82) is 0 Å². The molecule has 32 heavy (non-hydrogen) atoms. The van der Waals surface area contributed by atoms with Crippen LogP contribution in [-0.2, 0) is 23.0 Å². The maximum Gasteiger partial charge on any atom is 0.286 e. The van der Waals surface area contributed by atoms with Crippen LogP contribution in [-0.4, -0.2) is 50.1 Å². The Morgan fingerprint density at radius 1 is 1.16 bits per heavy atom. The van der Waals surface area contributed by atoms with Crippen molar-refractivity contribution in [2.75, 3.05) is 31.8 Å². The van der Waals surface area contributed by atoms with Gasteiger partial charge in [0.05, 0.1) is 31.0 Å². The first kappa shape index (κ1) is 23.5. The van der Waals surface area contributed by atoms with Crippen molar-refractivity contribution in [3.8, 4) is 11.5 Å². The summed E-state index contributed by atoms with van der Waals surface area (Å²) in [4.78, 5) is 23.7. The van der Waals surface area contributed by atoms with E-state index in [4.69, 9.17) is 9.47 Å². The molecule has 172 valence electrons. The molecule has 1 aliphatic heterocycles. The van der Waals surface area contributed by atoms with E-state index in [2.05, 4.69) is 5.32 Å². The number of sulfonamides is 1. The monoisotopic (exact) mass is 463 g/mol. The fraction of sp³-hybridized carbons (Fsp3) is 0.381. The molecule has 0 aromatic heterocycles. The van der Waals surface area contributed by atoms with Gasteiger partial charge in [-0.3, -0.25) is 14.9 Å². The zero-order chi connectivity index (χ0) is 23.5. The summed E-state index contributed by atoms with van der Waals surface area (Å²) >= 11 is 0. The molecule has 0 bridgehead atoms. The number of methoxy groups -OCH3 is 2. The molecule has 2 aromatic rings. The third-order valence-electron chi connectivity index (χ3n) is 5.24. The number of rotatable bonds is 8. The van der Waals surface area contributed by atoms with Crippen molar-refractivity contribution in [3.63, 3.8) is 0 Å². The van der Waals surface area contributed by atoms with E-state index in [0.29, 0.717) is 25.1 Å². The van der Waals surface area contributed by atoms with Gasteiger partial charge < -0.3 is 14.8 Å². The molecular weight excluding hydrogens is 438 g/mol. The first-order valence-corrected chi connectivity index (χ1v) is 11.6. The van der Waals surface area contributed by atoms with Gasteiger partial charge in [0.1, 0.15) is 5.56 Å². The summed E-state index contributed by atoms with van der Waals surface area (Å²) in [7, 11) is -0.625. The van der Waals surface area contributed by atoms with Crippen LogP contribution in [0.25, 0.3) is 0 Å². The number of ether oxygens (including phenoxy) is 2. The molecular formula is C21H25N3O7S. The molecule has 11 heteroatoms. The fourth-order valence-corrected chi connectivity index (χ4v) is 5.11. The normalized spacial score (nSPS) is 13.8. The molecule has 10 nitrogen and oxygen atoms in total. The highest BCUT2D eigenvalue weighted by molar-refractivity contribution is 7.89. The molecule has 0 saturated heterocycles. The number of nitro groups is 1. The van der Waals surface area contributed by atoms with Crippen LogP contribution >= 0.6 is 0 Å². The lowest BCUT2D eigenvalue weighted by Crippen LogP contribution is -2.37. The summed E-state index contributed by atoms with van der Waals surface area (Å²) in [5.74, 6) is -0.283. The summed E-state index contributed by atoms with van der Waals surface area (Å²) < 4.78 is 36.5. The molecule has 0 spiro atoms. The van der Waals surface area contributed by atoms with Gasteiger partial charge in [-0.25, -0.2) is 8.42 Å². The van der Waals surface area contributed by atoms with Gasteiger partial charge in [0.25, 0.3) is 11.6 Å². The van der Waals surface area contributed by atoms with Crippen LogP contribution < -0.4 is 14.8 Å². The summed E-state index contributed by atoms with van der Waals surface area (Å²) in [6.07, 6.45) is 1.11. The summed E-state index contributed by atoms with van der Waals surface area (Å²) in [6, 6.07) is 7.62. The predicted octanol–water partition coefficient (Wildman–Crippen LogP) is 2.96. The number of fused-ring (bicyclic) bond motifs is 1. The largest absolute Gasteiger partial charge is 0.493 e. The van der Waals surface area contributed by atoms with E-state index in [1.54, 1.807) is 12.1 Å². The van der Waals surface area contributed by atoms with E-state index >= 15 is 0 Å². The lowest BCUT2D eigenvalue weighted by molar-refractivity contribution is -0.385. The second-order valence-corrected chi connectivity index (χ2v) is 9.41. The summed E-state index contributed by atoms with van der Waals surface area (Å²) in [5, 5.41) is 14.2. The number of benzene rings is 2. The van der Waals surface area contributed by atoms with Gasteiger partial charge in [0.2, 0.25) is 10.0 Å². The van der Waals surface area contributed by atoms with Crippen molar-refractivity contribution in [1.82, 2.24) is 4.31 Å². The summed E-state index contributed by atoms with van der Waals surface area (Å²) in [5.41, 5.74) is 1.60. The van der Waals surface area contributed by atoms with Crippen LogP contribution in [0.3, 0.4) is 0 Å². The van der Waals surface area contributed by atoms with Crippen LogP contribution in [0.2, 0.25) is 0 Å². The Bertz CT molecular complexity index is 1150. The van der Waals surface area contributed by atoms with E-state index in [1.807, 2.05) is 13.0 Å². The van der Waals surface area contributed by atoms with Gasteiger partial charge in [0.15, 0.2) is 11.5 Å². The van der Waals surface area contributed by atoms with Gasteiger partial charge in [-0.1, -0.05) is 13.0 Å².